The molecule has 1 saturated heterocycles. The molecule has 2 atom stereocenters. The lowest BCUT2D eigenvalue weighted by atomic mass is 10.0. The number of nitrogens with zero attached hydrogens (tertiary/aromatic N) is 2. The molecule has 9 nitrogen and oxygen atoms in total. The minimum absolute atomic E-state index is 0.220. The first-order valence-electron chi connectivity index (χ1n) is 5.82. The predicted octanol–water partition coefficient (Wildman–Crippen LogP) is -0.572. The maximum absolute atomic E-state index is 12.1. The number of amides is 2. The highest BCUT2D eigenvalue weighted by Crippen LogP contribution is 2.31. The van der Waals surface area contributed by atoms with Crippen LogP contribution in [0.1, 0.15) is 0 Å². The van der Waals surface area contributed by atoms with Crippen molar-refractivity contribution in [3.05, 3.63) is 11.6 Å². The van der Waals surface area contributed by atoms with E-state index >= 15 is 0 Å². The third kappa shape index (κ3) is 2.94. The molecule has 2 aliphatic heterocycles. The van der Waals surface area contributed by atoms with Crippen LogP contribution in [0.3, 0.4) is 0 Å². The zero-order valence-corrected chi connectivity index (χ0v) is 11.9. The van der Waals surface area contributed by atoms with Crippen molar-refractivity contribution in [1.82, 2.24) is 9.96 Å². The molecule has 1 fully saturated rings. The summed E-state index contributed by atoms with van der Waals surface area (Å²) < 4.78 is 44.9. The van der Waals surface area contributed by atoms with E-state index in [0.29, 0.717) is 10.6 Å². The fourth-order valence-electron chi connectivity index (χ4n) is 2.40. The topological polar surface area (TPSA) is 106 Å². The Hall–Kier alpha value is -1.20. The Morgan fingerprint density at radius 2 is 2.10 bits per heavy atom. The highest BCUT2D eigenvalue weighted by Gasteiger charge is 2.48. The maximum Gasteiger partial charge on any atom is 0.418 e. The Labute approximate surface area is 116 Å². The van der Waals surface area contributed by atoms with E-state index in [1.807, 2.05) is 0 Å². The van der Waals surface area contributed by atoms with Crippen LogP contribution in [0, 0.1) is 0 Å². The monoisotopic (exact) mass is 308 g/mol. The first kappa shape index (κ1) is 15.2. The van der Waals surface area contributed by atoms with Gasteiger partial charge in [-0.2, -0.15) is 13.5 Å². The van der Waals surface area contributed by atoms with E-state index < -0.39 is 22.5 Å². The summed E-state index contributed by atoms with van der Waals surface area (Å²) in [4.78, 5) is 13.5. The summed E-state index contributed by atoms with van der Waals surface area (Å²) >= 11 is 0. The van der Waals surface area contributed by atoms with Crippen molar-refractivity contribution < 1.29 is 31.5 Å². The van der Waals surface area contributed by atoms with Gasteiger partial charge in [0.2, 0.25) is 0 Å². The van der Waals surface area contributed by atoms with Gasteiger partial charge < -0.3 is 14.4 Å². The molecular formula is C10H16N2O7S. The van der Waals surface area contributed by atoms with E-state index in [4.69, 9.17) is 14.0 Å². The molecule has 0 aromatic rings. The fraction of sp³-hybridized carbons (Fsp3) is 0.700. The van der Waals surface area contributed by atoms with Crippen LogP contribution in [0.15, 0.2) is 11.6 Å². The van der Waals surface area contributed by atoms with Gasteiger partial charge in [-0.3, -0.25) is 4.55 Å². The number of methoxy groups -OCH3 is 2. The second-order valence-electron chi connectivity index (χ2n) is 4.48. The fourth-order valence-corrected chi connectivity index (χ4v) is 2.77. The zero-order chi connectivity index (χ0) is 14.9. The van der Waals surface area contributed by atoms with Crippen LogP contribution < -0.4 is 0 Å². The Morgan fingerprint density at radius 3 is 2.65 bits per heavy atom. The van der Waals surface area contributed by atoms with Crippen molar-refractivity contribution in [2.75, 3.05) is 34.0 Å². The first-order chi connectivity index (χ1) is 9.37. The summed E-state index contributed by atoms with van der Waals surface area (Å²) in [7, 11) is -1.78. The SMILES string of the molecule is COCC1=C[C@@H](COC)N2C[C@H]1N(OS(=O)(=O)O)C2=O. The number of fused-ring (bicyclic) bond motifs is 2. The smallest absolute Gasteiger partial charge is 0.382 e. The van der Waals surface area contributed by atoms with Gasteiger partial charge in [0.1, 0.15) is 6.04 Å². The van der Waals surface area contributed by atoms with Gasteiger partial charge in [-0.15, -0.1) is 4.28 Å². The molecule has 0 radical (unpaired) electrons. The lowest BCUT2D eigenvalue weighted by Gasteiger charge is -2.28. The van der Waals surface area contributed by atoms with Crippen LogP contribution >= 0.6 is 0 Å². The zero-order valence-electron chi connectivity index (χ0n) is 11.1. The predicted molar refractivity (Wildman–Crippen MR) is 66.0 cm³/mol. The second-order valence-corrected chi connectivity index (χ2v) is 5.48. The van der Waals surface area contributed by atoms with E-state index in [9.17, 15) is 13.2 Å². The molecule has 2 aliphatic rings. The third-order valence-corrected chi connectivity index (χ3v) is 3.49. The number of rotatable bonds is 6. The Balaban J connectivity index is 2.28. The molecule has 2 rings (SSSR count). The minimum atomic E-state index is -4.77. The van der Waals surface area contributed by atoms with E-state index in [0.717, 1.165) is 0 Å². The highest BCUT2D eigenvalue weighted by molar-refractivity contribution is 7.80. The van der Waals surface area contributed by atoms with Crippen molar-refractivity contribution in [3.8, 4) is 0 Å². The summed E-state index contributed by atoms with van der Waals surface area (Å²) in [5, 5.41) is 0.649. The van der Waals surface area contributed by atoms with Gasteiger partial charge in [0.05, 0.1) is 25.8 Å². The van der Waals surface area contributed by atoms with Crippen molar-refractivity contribution in [2.45, 2.75) is 12.1 Å². The van der Waals surface area contributed by atoms with E-state index in [1.54, 1.807) is 6.08 Å². The number of carbonyl (C=O) groups excluding carboxylic acids is 1. The summed E-state index contributed by atoms with van der Waals surface area (Å²) in [5.74, 6) is 0. The Bertz CT molecular complexity index is 518. The molecule has 2 amide bonds. The lowest BCUT2D eigenvalue weighted by Crippen LogP contribution is -2.41. The molecule has 0 aromatic heterocycles. The van der Waals surface area contributed by atoms with Crippen LogP contribution in [0.4, 0.5) is 4.79 Å². The lowest BCUT2D eigenvalue weighted by molar-refractivity contribution is -0.0239. The van der Waals surface area contributed by atoms with Gasteiger partial charge in [-0.25, -0.2) is 4.79 Å². The quantitative estimate of drug-likeness (QED) is 0.517. The van der Waals surface area contributed by atoms with Gasteiger partial charge in [0, 0.05) is 14.2 Å². The average Bonchev–Trinajstić information content (AvgIpc) is 2.60. The van der Waals surface area contributed by atoms with Gasteiger partial charge in [-0.1, -0.05) is 6.08 Å². The summed E-state index contributed by atoms with van der Waals surface area (Å²) in [6.07, 6.45) is 1.78. The van der Waals surface area contributed by atoms with Crippen LogP contribution in [-0.4, -0.2) is 75.0 Å². The van der Waals surface area contributed by atoms with E-state index in [-0.39, 0.29) is 25.8 Å². The molecule has 0 unspecified atom stereocenters. The number of ether oxygens (including phenoxy) is 2. The highest BCUT2D eigenvalue weighted by atomic mass is 32.3. The van der Waals surface area contributed by atoms with E-state index in [1.165, 1.54) is 19.1 Å². The van der Waals surface area contributed by atoms with Gasteiger partial charge in [0.15, 0.2) is 0 Å². The summed E-state index contributed by atoms with van der Waals surface area (Å²) in [5.41, 5.74) is 0.695. The van der Waals surface area contributed by atoms with Crippen LogP contribution in [0.2, 0.25) is 0 Å². The number of hydrogen-bond acceptors (Lipinski definition) is 6. The summed E-state index contributed by atoms with van der Waals surface area (Å²) in [6.45, 7) is 0.736. The number of carbonyl (C=O) groups is 1. The molecule has 2 bridgehead atoms. The van der Waals surface area contributed by atoms with Crippen LogP contribution in [-0.2, 0) is 24.2 Å². The van der Waals surface area contributed by atoms with Crippen LogP contribution in [0.5, 0.6) is 0 Å². The van der Waals surface area contributed by atoms with Crippen molar-refractivity contribution >= 4 is 16.4 Å². The molecule has 1 N–H and O–H groups in total. The third-order valence-electron chi connectivity index (χ3n) is 3.14. The molecule has 20 heavy (non-hydrogen) atoms. The number of hydroxylamine groups is 2. The average molecular weight is 308 g/mol. The molecule has 10 heteroatoms. The molecule has 0 saturated carbocycles. The standard InChI is InChI=1S/C10H16N2O7S/c1-17-5-7-3-8(6-18-2)11-4-9(7)12(10(11)13)19-20(14,15)16/h3,8-9H,4-6H2,1-2H3,(H,14,15,16)/t8-,9+/m0/s1. The molecule has 0 aliphatic carbocycles. The molecule has 0 spiro atoms. The van der Waals surface area contributed by atoms with Gasteiger partial charge >= 0.3 is 16.4 Å². The molecule has 114 valence electrons. The number of urea groups is 1. The normalized spacial score (nSPS) is 26.1. The largest absolute Gasteiger partial charge is 0.418 e. The van der Waals surface area contributed by atoms with Crippen molar-refractivity contribution in [2.24, 2.45) is 0 Å². The van der Waals surface area contributed by atoms with Crippen molar-refractivity contribution in [3.63, 3.8) is 0 Å². The minimum Gasteiger partial charge on any atom is -0.382 e. The Morgan fingerprint density at radius 1 is 1.40 bits per heavy atom. The first-order valence-corrected chi connectivity index (χ1v) is 7.19. The summed E-state index contributed by atoms with van der Waals surface area (Å²) in [6, 6.07) is -1.58. The van der Waals surface area contributed by atoms with Gasteiger partial charge in [0.25, 0.3) is 0 Å². The molecule has 2 heterocycles. The maximum atomic E-state index is 12.1. The van der Waals surface area contributed by atoms with Gasteiger partial charge in [-0.05, 0) is 5.57 Å². The molecular weight excluding hydrogens is 292 g/mol. The Kier molecular flexibility index (Phi) is 4.30. The van der Waals surface area contributed by atoms with E-state index in [2.05, 4.69) is 4.28 Å². The molecule has 0 aromatic carbocycles. The van der Waals surface area contributed by atoms with Crippen LogP contribution in [0.25, 0.3) is 0 Å². The number of hydrogen-bond donors (Lipinski definition) is 1. The second kappa shape index (κ2) is 5.66. The van der Waals surface area contributed by atoms with Crippen molar-refractivity contribution in [1.29, 1.82) is 0 Å².